The van der Waals surface area contributed by atoms with Crippen LogP contribution >= 0.6 is 0 Å². The normalized spacial score (nSPS) is 17.8. The van der Waals surface area contributed by atoms with Crippen LogP contribution in [-0.2, 0) is 19.7 Å². The molecule has 1 aliphatic rings. The molecule has 27 heavy (non-hydrogen) atoms. The van der Waals surface area contributed by atoms with Crippen molar-refractivity contribution in [1.82, 2.24) is 14.7 Å². The SMILES string of the molecule is CCCNC(=O)C1CCCN(C(=O)c2ccc(S(=O)(=O)N(C)OC)cc2)C1. The Hall–Kier alpha value is -1.97. The minimum atomic E-state index is -3.75. The Bertz CT molecular complexity index is 764. The third-order valence-electron chi connectivity index (χ3n) is 4.62. The Morgan fingerprint density at radius 3 is 2.56 bits per heavy atom. The molecule has 1 atom stereocenters. The quantitative estimate of drug-likeness (QED) is 0.699. The first kappa shape index (κ1) is 21.3. The summed E-state index contributed by atoms with van der Waals surface area (Å²) < 4.78 is 25.2. The lowest BCUT2D eigenvalue weighted by Crippen LogP contribution is -2.45. The number of nitrogens with zero attached hydrogens (tertiary/aromatic N) is 2. The van der Waals surface area contributed by atoms with Crippen LogP contribution in [0.25, 0.3) is 0 Å². The van der Waals surface area contributed by atoms with Gasteiger partial charge in [-0.2, -0.15) is 0 Å². The molecule has 1 aliphatic heterocycles. The molecular formula is C18H27N3O5S. The standard InChI is InChI=1S/C18H27N3O5S/c1-4-11-19-17(22)15-6-5-12-21(13-15)18(23)14-7-9-16(10-8-14)27(24,25)20(2)26-3/h7-10,15H,4-6,11-13H2,1-3H3,(H,19,22). The fraction of sp³-hybridized carbons (Fsp3) is 0.556. The zero-order chi connectivity index (χ0) is 20.0. The van der Waals surface area contributed by atoms with Crippen molar-refractivity contribution in [3.63, 3.8) is 0 Å². The summed E-state index contributed by atoms with van der Waals surface area (Å²) >= 11 is 0. The Morgan fingerprint density at radius 1 is 1.30 bits per heavy atom. The molecule has 0 aromatic heterocycles. The van der Waals surface area contributed by atoms with Crippen molar-refractivity contribution in [3.05, 3.63) is 29.8 Å². The molecule has 2 amide bonds. The number of hydrogen-bond donors (Lipinski definition) is 1. The molecule has 0 saturated carbocycles. The van der Waals surface area contributed by atoms with Gasteiger partial charge in [0.25, 0.3) is 15.9 Å². The van der Waals surface area contributed by atoms with Crippen LogP contribution in [0.15, 0.2) is 29.2 Å². The molecule has 1 fully saturated rings. The fourth-order valence-electron chi connectivity index (χ4n) is 2.97. The molecule has 1 unspecified atom stereocenters. The molecule has 0 spiro atoms. The average Bonchev–Trinajstić information content (AvgIpc) is 2.70. The summed E-state index contributed by atoms with van der Waals surface area (Å²) in [6.45, 7) is 3.59. The van der Waals surface area contributed by atoms with Gasteiger partial charge >= 0.3 is 0 Å². The van der Waals surface area contributed by atoms with Crippen LogP contribution in [0.4, 0.5) is 0 Å². The van der Waals surface area contributed by atoms with E-state index < -0.39 is 10.0 Å². The lowest BCUT2D eigenvalue weighted by Gasteiger charge is -2.32. The van der Waals surface area contributed by atoms with Gasteiger partial charge in [0.1, 0.15) is 0 Å². The zero-order valence-electron chi connectivity index (χ0n) is 16.0. The number of nitrogens with one attached hydrogen (secondary N) is 1. The van der Waals surface area contributed by atoms with Gasteiger partial charge in [-0.25, -0.2) is 8.42 Å². The van der Waals surface area contributed by atoms with Crippen molar-refractivity contribution < 1.29 is 22.8 Å². The number of benzene rings is 1. The summed E-state index contributed by atoms with van der Waals surface area (Å²) in [5.74, 6) is -0.422. The Morgan fingerprint density at radius 2 is 1.96 bits per heavy atom. The van der Waals surface area contributed by atoms with Crippen molar-refractivity contribution in [3.8, 4) is 0 Å². The van der Waals surface area contributed by atoms with E-state index in [9.17, 15) is 18.0 Å². The minimum absolute atomic E-state index is 0.0154. The maximum Gasteiger partial charge on any atom is 0.264 e. The lowest BCUT2D eigenvalue weighted by molar-refractivity contribution is -0.126. The summed E-state index contributed by atoms with van der Waals surface area (Å²) in [7, 11) is -1.19. The van der Waals surface area contributed by atoms with Gasteiger partial charge in [0, 0.05) is 32.2 Å². The van der Waals surface area contributed by atoms with E-state index in [4.69, 9.17) is 4.84 Å². The highest BCUT2D eigenvalue weighted by atomic mass is 32.2. The van der Waals surface area contributed by atoms with Crippen LogP contribution in [0.3, 0.4) is 0 Å². The predicted octanol–water partition coefficient (Wildman–Crippen LogP) is 1.25. The smallest absolute Gasteiger partial charge is 0.264 e. The zero-order valence-corrected chi connectivity index (χ0v) is 16.8. The molecule has 9 heteroatoms. The van der Waals surface area contributed by atoms with Gasteiger partial charge in [0.05, 0.1) is 17.9 Å². The molecule has 1 heterocycles. The highest BCUT2D eigenvalue weighted by Gasteiger charge is 2.29. The van der Waals surface area contributed by atoms with Crippen LogP contribution in [0.5, 0.6) is 0 Å². The number of rotatable bonds is 7. The molecule has 1 aromatic carbocycles. The van der Waals surface area contributed by atoms with E-state index in [1.807, 2.05) is 6.92 Å². The Labute approximate surface area is 160 Å². The van der Waals surface area contributed by atoms with Crippen LogP contribution in [0, 0.1) is 5.92 Å². The average molecular weight is 397 g/mol. The van der Waals surface area contributed by atoms with Gasteiger partial charge in [-0.05, 0) is 43.5 Å². The molecule has 0 bridgehead atoms. The van der Waals surface area contributed by atoms with Crippen molar-refractivity contribution in [2.24, 2.45) is 5.92 Å². The second-order valence-corrected chi connectivity index (χ2v) is 8.44. The van der Waals surface area contributed by atoms with E-state index >= 15 is 0 Å². The van der Waals surface area contributed by atoms with E-state index in [2.05, 4.69) is 5.32 Å². The highest BCUT2D eigenvalue weighted by molar-refractivity contribution is 7.89. The number of amides is 2. The van der Waals surface area contributed by atoms with Crippen LogP contribution < -0.4 is 5.32 Å². The number of piperidine rings is 1. The maximum atomic E-state index is 12.7. The van der Waals surface area contributed by atoms with E-state index in [-0.39, 0.29) is 22.6 Å². The molecule has 1 saturated heterocycles. The molecule has 8 nitrogen and oxygen atoms in total. The van der Waals surface area contributed by atoms with Gasteiger partial charge in [-0.3, -0.25) is 14.4 Å². The summed E-state index contributed by atoms with van der Waals surface area (Å²) in [5, 5.41) is 2.88. The summed E-state index contributed by atoms with van der Waals surface area (Å²) in [5.41, 5.74) is 0.392. The minimum Gasteiger partial charge on any atom is -0.356 e. The number of carbonyl (C=O) groups excluding carboxylic acids is 2. The maximum absolute atomic E-state index is 12.7. The van der Waals surface area contributed by atoms with Crippen molar-refractivity contribution in [1.29, 1.82) is 0 Å². The molecule has 1 aromatic rings. The predicted molar refractivity (Wildman–Crippen MR) is 100 cm³/mol. The van der Waals surface area contributed by atoms with Crippen molar-refractivity contribution in [2.75, 3.05) is 33.8 Å². The van der Waals surface area contributed by atoms with Crippen LogP contribution in [0.1, 0.15) is 36.5 Å². The number of likely N-dealkylation sites (tertiary alicyclic amines) is 1. The highest BCUT2D eigenvalue weighted by Crippen LogP contribution is 2.20. The monoisotopic (exact) mass is 397 g/mol. The third-order valence-corrected chi connectivity index (χ3v) is 6.32. The molecular weight excluding hydrogens is 370 g/mol. The van der Waals surface area contributed by atoms with Gasteiger partial charge in [0.2, 0.25) is 5.91 Å². The van der Waals surface area contributed by atoms with Crippen LogP contribution in [0.2, 0.25) is 0 Å². The Kier molecular flexibility index (Phi) is 7.34. The molecule has 0 aliphatic carbocycles. The molecule has 0 radical (unpaired) electrons. The third kappa shape index (κ3) is 5.06. The topological polar surface area (TPSA) is 96.0 Å². The van der Waals surface area contributed by atoms with Gasteiger partial charge < -0.3 is 10.2 Å². The second kappa shape index (κ2) is 9.29. The fourth-order valence-corrected chi connectivity index (χ4v) is 3.94. The first-order chi connectivity index (χ1) is 12.8. The summed E-state index contributed by atoms with van der Waals surface area (Å²) in [6.07, 6.45) is 2.40. The molecule has 1 N–H and O–H groups in total. The van der Waals surface area contributed by atoms with Crippen molar-refractivity contribution >= 4 is 21.8 Å². The number of hydrogen-bond acceptors (Lipinski definition) is 5. The first-order valence-electron chi connectivity index (χ1n) is 9.01. The van der Waals surface area contributed by atoms with Crippen molar-refractivity contribution in [2.45, 2.75) is 31.1 Å². The number of sulfonamides is 1. The van der Waals surface area contributed by atoms with E-state index in [1.165, 1.54) is 38.4 Å². The second-order valence-electron chi connectivity index (χ2n) is 6.50. The van der Waals surface area contributed by atoms with Gasteiger partial charge in [0.15, 0.2) is 0 Å². The largest absolute Gasteiger partial charge is 0.356 e. The first-order valence-corrected chi connectivity index (χ1v) is 10.4. The molecule has 150 valence electrons. The van der Waals surface area contributed by atoms with E-state index in [0.29, 0.717) is 25.2 Å². The lowest BCUT2D eigenvalue weighted by atomic mass is 9.96. The van der Waals surface area contributed by atoms with E-state index in [1.54, 1.807) is 4.90 Å². The summed E-state index contributed by atoms with van der Waals surface area (Å²) in [6, 6.07) is 5.74. The number of carbonyl (C=O) groups is 2. The number of hydroxylamine groups is 1. The Balaban J connectivity index is 2.08. The summed E-state index contributed by atoms with van der Waals surface area (Å²) in [4.78, 5) is 31.4. The van der Waals surface area contributed by atoms with Gasteiger partial charge in [-0.15, -0.1) is 0 Å². The van der Waals surface area contributed by atoms with Crippen LogP contribution in [-0.4, -0.2) is 63.4 Å². The van der Waals surface area contributed by atoms with Gasteiger partial charge in [-0.1, -0.05) is 11.4 Å². The van der Waals surface area contributed by atoms with E-state index in [0.717, 1.165) is 23.7 Å². The molecule has 2 rings (SSSR count).